The van der Waals surface area contributed by atoms with E-state index in [0.29, 0.717) is 18.9 Å². The number of H-pyrrole nitrogens is 1. The van der Waals surface area contributed by atoms with E-state index in [9.17, 15) is 4.79 Å². The molecule has 1 amide bonds. The van der Waals surface area contributed by atoms with E-state index < -0.39 is 0 Å². The fourth-order valence-electron chi connectivity index (χ4n) is 4.26. The summed E-state index contributed by atoms with van der Waals surface area (Å²) in [6, 6.07) is 25.3. The van der Waals surface area contributed by atoms with Gasteiger partial charge in [0.1, 0.15) is 5.82 Å². The van der Waals surface area contributed by atoms with Crippen molar-refractivity contribution in [2.24, 2.45) is 0 Å². The summed E-state index contributed by atoms with van der Waals surface area (Å²) in [6.45, 7) is 0.617. The highest BCUT2D eigenvalue weighted by atomic mass is 16.1. The number of pyridine rings is 1. The lowest BCUT2D eigenvalue weighted by Gasteiger charge is -2.17. The molecule has 0 saturated carbocycles. The van der Waals surface area contributed by atoms with Crippen molar-refractivity contribution in [3.63, 3.8) is 0 Å². The van der Waals surface area contributed by atoms with Crippen LogP contribution in [0.25, 0.3) is 0 Å². The Hall–Kier alpha value is -3.73. The Bertz CT molecular complexity index is 1090. The predicted molar refractivity (Wildman–Crippen MR) is 136 cm³/mol. The molecule has 0 fully saturated rings. The van der Waals surface area contributed by atoms with Crippen LogP contribution in [0.5, 0.6) is 0 Å². The average molecular weight is 453 g/mol. The number of aromatic amines is 1. The molecule has 0 spiro atoms. The minimum atomic E-state index is 0.0994. The molecule has 0 aliphatic rings. The second-order valence-corrected chi connectivity index (χ2v) is 8.58. The number of rotatable bonds is 12. The van der Waals surface area contributed by atoms with Gasteiger partial charge in [-0.1, -0.05) is 60.7 Å². The number of benzene rings is 2. The summed E-state index contributed by atoms with van der Waals surface area (Å²) in [5, 5.41) is 3.02. The van der Waals surface area contributed by atoms with Crippen LogP contribution in [-0.4, -0.2) is 27.4 Å². The number of hydrogen-bond acceptors (Lipinski definition) is 3. The van der Waals surface area contributed by atoms with Gasteiger partial charge in [-0.15, -0.1) is 0 Å². The summed E-state index contributed by atoms with van der Waals surface area (Å²) in [5.41, 5.74) is 4.93. The Labute approximate surface area is 201 Å². The SMILES string of the molecule is O=C(CCCc1ccncc1)NCCc1cnc(CCC(c2ccccc2)c2ccccc2)[nH]1. The van der Waals surface area contributed by atoms with Crippen molar-refractivity contribution >= 4 is 5.91 Å². The number of amides is 1. The topological polar surface area (TPSA) is 70.7 Å². The number of hydrogen-bond donors (Lipinski definition) is 2. The molecule has 5 heteroatoms. The van der Waals surface area contributed by atoms with Gasteiger partial charge in [0.05, 0.1) is 0 Å². The van der Waals surface area contributed by atoms with Crippen LogP contribution in [0.3, 0.4) is 0 Å². The molecule has 0 unspecified atom stereocenters. The average Bonchev–Trinajstić information content (AvgIpc) is 3.34. The van der Waals surface area contributed by atoms with Crippen LogP contribution < -0.4 is 5.32 Å². The van der Waals surface area contributed by atoms with E-state index in [1.807, 2.05) is 18.3 Å². The zero-order chi connectivity index (χ0) is 23.4. The largest absolute Gasteiger partial charge is 0.356 e. The maximum absolute atomic E-state index is 12.1. The zero-order valence-corrected chi connectivity index (χ0v) is 19.5. The van der Waals surface area contributed by atoms with E-state index >= 15 is 0 Å². The van der Waals surface area contributed by atoms with Crippen LogP contribution in [0.4, 0.5) is 0 Å². The summed E-state index contributed by atoms with van der Waals surface area (Å²) < 4.78 is 0. The second kappa shape index (κ2) is 12.5. The van der Waals surface area contributed by atoms with Gasteiger partial charge in [-0.25, -0.2) is 4.98 Å². The van der Waals surface area contributed by atoms with Crippen molar-refractivity contribution in [2.45, 2.75) is 44.4 Å². The first-order valence-corrected chi connectivity index (χ1v) is 12.1. The monoisotopic (exact) mass is 452 g/mol. The van der Waals surface area contributed by atoms with Crippen molar-refractivity contribution in [1.29, 1.82) is 0 Å². The van der Waals surface area contributed by atoms with Crippen LogP contribution >= 0.6 is 0 Å². The minimum absolute atomic E-state index is 0.0994. The van der Waals surface area contributed by atoms with Crippen molar-refractivity contribution in [2.75, 3.05) is 6.54 Å². The minimum Gasteiger partial charge on any atom is -0.356 e. The van der Waals surface area contributed by atoms with Crippen molar-refractivity contribution in [3.8, 4) is 0 Å². The molecule has 4 aromatic rings. The smallest absolute Gasteiger partial charge is 0.220 e. The summed E-state index contributed by atoms with van der Waals surface area (Å²) in [4.78, 5) is 24.2. The zero-order valence-electron chi connectivity index (χ0n) is 19.5. The molecule has 34 heavy (non-hydrogen) atoms. The lowest BCUT2D eigenvalue weighted by molar-refractivity contribution is -0.121. The van der Waals surface area contributed by atoms with Crippen molar-refractivity contribution < 1.29 is 4.79 Å². The third-order valence-electron chi connectivity index (χ3n) is 6.09. The molecule has 2 N–H and O–H groups in total. The highest BCUT2D eigenvalue weighted by Crippen LogP contribution is 2.28. The molecule has 5 nitrogen and oxygen atoms in total. The molecule has 2 aromatic heterocycles. The Morgan fingerprint density at radius 3 is 2.21 bits per heavy atom. The van der Waals surface area contributed by atoms with Crippen LogP contribution in [0.1, 0.15) is 53.4 Å². The van der Waals surface area contributed by atoms with E-state index in [-0.39, 0.29) is 5.91 Å². The summed E-state index contributed by atoms with van der Waals surface area (Å²) in [5.74, 6) is 1.43. The molecule has 0 atom stereocenters. The molecule has 2 aromatic carbocycles. The molecule has 174 valence electrons. The Morgan fingerprint density at radius 2 is 1.53 bits per heavy atom. The Kier molecular flexibility index (Phi) is 8.61. The number of carbonyl (C=O) groups is 1. The fourth-order valence-corrected chi connectivity index (χ4v) is 4.26. The molecule has 0 radical (unpaired) electrons. The van der Waals surface area contributed by atoms with E-state index in [0.717, 1.165) is 43.6 Å². The van der Waals surface area contributed by atoms with Crippen molar-refractivity contribution in [3.05, 3.63) is 120 Å². The van der Waals surface area contributed by atoms with Gasteiger partial charge in [-0.2, -0.15) is 0 Å². The first kappa shape index (κ1) is 23.4. The normalized spacial score (nSPS) is 11.0. The molecule has 0 aliphatic carbocycles. The van der Waals surface area contributed by atoms with Gasteiger partial charge in [0.15, 0.2) is 0 Å². The number of imidazole rings is 1. The van der Waals surface area contributed by atoms with E-state index in [1.165, 1.54) is 16.7 Å². The van der Waals surface area contributed by atoms with Gasteiger partial charge in [-0.05, 0) is 48.1 Å². The maximum atomic E-state index is 12.1. The fraction of sp³-hybridized carbons (Fsp3) is 0.276. The van der Waals surface area contributed by atoms with Crippen LogP contribution in [-0.2, 0) is 24.1 Å². The van der Waals surface area contributed by atoms with E-state index in [4.69, 9.17) is 0 Å². The van der Waals surface area contributed by atoms with Gasteiger partial charge < -0.3 is 10.3 Å². The third kappa shape index (κ3) is 7.14. The number of nitrogens with zero attached hydrogens (tertiary/aromatic N) is 2. The van der Waals surface area contributed by atoms with Gasteiger partial charge in [-0.3, -0.25) is 9.78 Å². The maximum Gasteiger partial charge on any atom is 0.220 e. The Morgan fingerprint density at radius 1 is 0.853 bits per heavy atom. The van der Waals surface area contributed by atoms with Gasteiger partial charge >= 0.3 is 0 Å². The summed E-state index contributed by atoms with van der Waals surface area (Å²) >= 11 is 0. The summed E-state index contributed by atoms with van der Waals surface area (Å²) in [6.07, 6.45) is 10.4. The molecule has 0 aliphatic heterocycles. The number of aryl methyl sites for hydroxylation is 2. The standard InChI is InChI=1S/C29H32N4O/c34-29(13-7-8-23-16-19-30-20-17-23)31-21-18-26-22-32-28(33-26)15-14-27(24-9-3-1-4-10-24)25-11-5-2-6-12-25/h1-6,9-12,16-17,19-20,22,27H,7-8,13-15,18,21H2,(H,31,34)(H,32,33). The number of aromatic nitrogens is 3. The van der Waals surface area contributed by atoms with Gasteiger partial charge in [0, 0.05) is 56.0 Å². The van der Waals surface area contributed by atoms with E-state index in [2.05, 4.69) is 80.9 Å². The van der Waals surface area contributed by atoms with Gasteiger partial charge in [0.25, 0.3) is 0 Å². The van der Waals surface area contributed by atoms with Crippen molar-refractivity contribution in [1.82, 2.24) is 20.3 Å². The number of nitrogens with one attached hydrogen (secondary N) is 2. The van der Waals surface area contributed by atoms with Gasteiger partial charge in [0.2, 0.25) is 5.91 Å². The molecular weight excluding hydrogens is 420 g/mol. The first-order chi connectivity index (χ1) is 16.8. The van der Waals surface area contributed by atoms with Crippen LogP contribution in [0, 0.1) is 0 Å². The lowest BCUT2D eigenvalue weighted by Crippen LogP contribution is -2.25. The summed E-state index contributed by atoms with van der Waals surface area (Å²) in [7, 11) is 0. The van der Waals surface area contributed by atoms with Crippen LogP contribution in [0.15, 0.2) is 91.4 Å². The molecule has 0 bridgehead atoms. The first-order valence-electron chi connectivity index (χ1n) is 12.1. The van der Waals surface area contributed by atoms with Crippen LogP contribution in [0.2, 0.25) is 0 Å². The van der Waals surface area contributed by atoms with E-state index in [1.54, 1.807) is 12.4 Å². The molecule has 0 saturated heterocycles. The second-order valence-electron chi connectivity index (χ2n) is 8.58. The lowest BCUT2D eigenvalue weighted by atomic mass is 9.87. The molecule has 2 heterocycles. The highest BCUT2D eigenvalue weighted by molar-refractivity contribution is 5.75. The number of carbonyl (C=O) groups excluding carboxylic acids is 1. The molecular formula is C29H32N4O. The highest BCUT2D eigenvalue weighted by Gasteiger charge is 2.15. The third-order valence-corrected chi connectivity index (χ3v) is 6.09. The molecule has 4 rings (SSSR count). The predicted octanol–water partition coefficient (Wildman–Crippen LogP) is 5.25. The Balaban J connectivity index is 1.22. The quantitative estimate of drug-likeness (QED) is 0.308.